The summed E-state index contributed by atoms with van der Waals surface area (Å²) >= 11 is 0. The second kappa shape index (κ2) is 18.8. The number of nitrogens with zero attached hydrogens (tertiary/aromatic N) is 1. The number of amides is 2. The normalized spacial score (nSPS) is 12.6. The number of benzene rings is 2. The van der Waals surface area contributed by atoms with Gasteiger partial charge in [0.05, 0.1) is 12.7 Å². The Kier molecular flexibility index (Phi) is 15.4. The highest BCUT2D eigenvalue weighted by atomic mass is 16.5. The van der Waals surface area contributed by atoms with Crippen LogP contribution in [0.1, 0.15) is 51.2 Å². The maximum atomic E-state index is 12.2. The number of hydrogen-bond acceptors (Lipinski definition) is 7. The van der Waals surface area contributed by atoms with Crippen LogP contribution in [0.3, 0.4) is 0 Å². The smallest absolute Gasteiger partial charge is 0.407 e. The Morgan fingerprint density at radius 3 is 2.40 bits per heavy atom. The van der Waals surface area contributed by atoms with E-state index < -0.39 is 12.2 Å². The van der Waals surface area contributed by atoms with E-state index >= 15 is 0 Å². The van der Waals surface area contributed by atoms with Crippen molar-refractivity contribution >= 4 is 18.3 Å². The average Bonchev–Trinajstić information content (AvgIpc) is 2.94. The lowest BCUT2D eigenvalue weighted by atomic mass is 9.94. The maximum absolute atomic E-state index is 12.2. The Hall–Kier alpha value is -3.43. The highest BCUT2D eigenvalue weighted by molar-refractivity contribution is 5.76. The van der Waals surface area contributed by atoms with Crippen molar-refractivity contribution in [2.75, 3.05) is 32.8 Å². The minimum absolute atomic E-state index is 0.0354. The maximum Gasteiger partial charge on any atom is 0.407 e. The molecule has 40 heavy (non-hydrogen) atoms. The van der Waals surface area contributed by atoms with E-state index in [-0.39, 0.29) is 44.0 Å². The lowest BCUT2D eigenvalue weighted by Gasteiger charge is -2.26. The second-order valence-corrected chi connectivity index (χ2v) is 10.2. The lowest BCUT2D eigenvalue weighted by molar-refractivity contribution is -0.122. The summed E-state index contributed by atoms with van der Waals surface area (Å²) in [4.78, 5) is 38.1. The van der Waals surface area contributed by atoms with Crippen LogP contribution in [0.2, 0.25) is 0 Å². The molecule has 9 nitrogen and oxygen atoms in total. The molecule has 2 atom stereocenters. The number of aliphatic hydroxyl groups excluding tert-OH is 1. The Morgan fingerprint density at radius 1 is 1.02 bits per heavy atom. The van der Waals surface area contributed by atoms with Gasteiger partial charge in [0.25, 0.3) is 0 Å². The molecule has 0 bridgehead atoms. The molecule has 2 amide bonds. The molecular weight excluding hydrogens is 510 g/mol. The summed E-state index contributed by atoms with van der Waals surface area (Å²) in [6.45, 7) is 8.05. The van der Waals surface area contributed by atoms with E-state index in [1.54, 1.807) is 0 Å². The van der Waals surface area contributed by atoms with E-state index in [1.165, 1.54) is 0 Å². The van der Waals surface area contributed by atoms with Gasteiger partial charge in [0.15, 0.2) is 0 Å². The number of carbonyl (C=O) groups is 3. The lowest BCUT2D eigenvalue weighted by Crippen LogP contribution is -2.42. The topological polar surface area (TPSA) is 117 Å². The van der Waals surface area contributed by atoms with Crippen LogP contribution in [-0.2, 0) is 27.4 Å². The number of hydrogen-bond donors (Lipinski definition) is 3. The Labute approximate surface area is 238 Å². The molecule has 0 aliphatic rings. The third kappa shape index (κ3) is 14.1. The Bertz CT molecular complexity index is 1000. The van der Waals surface area contributed by atoms with Crippen molar-refractivity contribution in [3.05, 3.63) is 65.7 Å². The van der Waals surface area contributed by atoms with E-state index in [0.29, 0.717) is 32.5 Å². The molecule has 2 rings (SSSR count). The molecule has 2 unspecified atom stereocenters. The van der Waals surface area contributed by atoms with E-state index in [4.69, 9.17) is 9.47 Å². The van der Waals surface area contributed by atoms with Crippen molar-refractivity contribution in [1.82, 2.24) is 15.5 Å². The number of rotatable bonds is 19. The molecule has 0 radical (unpaired) electrons. The molecule has 0 saturated carbocycles. The van der Waals surface area contributed by atoms with Crippen LogP contribution in [0.25, 0.3) is 0 Å². The fourth-order valence-electron chi connectivity index (χ4n) is 4.19. The van der Waals surface area contributed by atoms with Gasteiger partial charge in [0, 0.05) is 44.6 Å². The van der Waals surface area contributed by atoms with Gasteiger partial charge >= 0.3 is 6.09 Å². The molecule has 0 aliphatic carbocycles. The average molecular weight is 556 g/mol. The highest BCUT2D eigenvalue weighted by Crippen LogP contribution is 2.18. The number of ether oxygens (including phenoxy) is 2. The number of aldehydes is 1. The first-order chi connectivity index (χ1) is 19.3. The fourth-order valence-corrected chi connectivity index (χ4v) is 4.19. The first-order valence-corrected chi connectivity index (χ1v) is 14.1. The van der Waals surface area contributed by atoms with E-state index in [9.17, 15) is 19.5 Å². The summed E-state index contributed by atoms with van der Waals surface area (Å²) in [7, 11) is 0. The first-order valence-electron chi connectivity index (χ1n) is 14.1. The summed E-state index contributed by atoms with van der Waals surface area (Å²) in [5.41, 5.74) is 1.89. The molecule has 0 saturated heterocycles. The van der Waals surface area contributed by atoms with Crippen LogP contribution in [0.4, 0.5) is 4.79 Å². The van der Waals surface area contributed by atoms with Crippen molar-refractivity contribution in [3.8, 4) is 5.75 Å². The summed E-state index contributed by atoms with van der Waals surface area (Å²) in [6.07, 6.45) is 1.57. The monoisotopic (exact) mass is 555 g/mol. The van der Waals surface area contributed by atoms with Gasteiger partial charge in [-0.1, -0.05) is 49.4 Å². The molecule has 3 N–H and O–H groups in total. The number of alkyl carbamates (subject to hydrolysis) is 1. The third-order valence-corrected chi connectivity index (χ3v) is 6.15. The van der Waals surface area contributed by atoms with Gasteiger partial charge in [0.1, 0.15) is 18.6 Å². The molecule has 0 aliphatic heterocycles. The molecule has 2 aromatic rings. The largest absolute Gasteiger partial charge is 0.494 e. The van der Waals surface area contributed by atoms with Crippen molar-refractivity contribution in [2.45, 2.75) is 65.2 Å². The van der Waals surface area contributed by atoms with Gasteiger partial charge in [-0.2, -0.15) is 0 Å². The zero-order valence-electron chi connectivity index (χ0n) is 24.0. The predicted octanol–water partition coefficient (Wildman–Crippen LogP) is 3.73. The fraction of sp³-hybridized carbons (Fsp3) is 0.516. The molecule has 0 fully saturated rings. The summed E-state index contributed by atoms with van der Waals surface area (Å²) in [5, 5.41) is 16.4. The molecule has 0 heterocycles. The number of aliphatic hydroxyl groups is 1. The predicted molar refractivity (Wildman–Crippen MR) is 155 cm³/mol. The van der Waals surface area contributed by atoms with Crippen molar-refractivity contribution in [1.29, 1.82) is 0 Å². The van der Waals surface area contributed by atoms with E-state index in [0.717, 1.165) is 29.6 Å². The standard InChI is InChI=1S/C31H45N3O6/c1-4-18-39-29-12-10-25(11-13-29)19-27(22-35)20-28(36)21-34(16-14-30(37)33-24(2)3)17-15-32-31(38)40-23-26-8-6-5-7-9-26/h5-13,22,24,27-28,36H,4,14-21,23H2,1-3H3,(H,32,38)(H,33,37). The van der Waals surface area contributed by atoms with Crippen LogP contribution >= 0.6 is 0 Å². The van der Waals surface area contributed by atoms with Gasteiger partial charge in [-0.15, -0.1) is 0 Å². The minimum atomic E-state index is -0.777. The van der Waals surface area contributed by atoms with Crippen molar-refractivity contribution < 1.29 is 29.0 Å². The molecule has 220 valence electrons. The highest BCUT2D eigenvalue weighted by Gasteiger charge is 2.19. The van der Waals surface area contributed by atoms with Crippen LogP contribution in [0, 0.1) is 5.92 Å². The van der Waals surface area contributed by atoms with Gasteiger partial charge in [-0.25, -0.2) is 4.79 Å². The van der Waals surface area contributed by atoms with Crippen LogP contribution in [-0.4, -0.2) is 73.2 Å². The summed E-state index contributed by atoms with van der Waals surface area (Å²) < 4.78 is 10.9. The molecule has 0 aromatic heterocycles. The quantitative estimate of drug-likeness (QED) is 0.226. The Balaban J connectivity index is 1.86. The van der Waals surface area contributed by atoms with Gasteiger partial charge in [0.2, 0.25) is 5.91 Å². The van der Waals surface area contributed by atoms with E-state index in [2.05, 4.69) is 10.6 Å². The van der Waals surface area contributed by atoms with E-state index in [1.807, 2.05) is 80.3 Å². The van der Waals surface area contributed by atoms with Crippen molar-refractivity contribution in [2.24, 2.45) is 5.92 Å². The third-order valence-electron chi connectivity index (χ3n) is 6.15. The number of nitrogens with one attached hydrogen (secondary N) is 2. The molecular formula is C31H45N3O6. The second-order valence-electron chi connectivity index (χ2n) is 10.2. The molecule has 9 heteroatoms. The Morgan fingerprint density at radius 2 is 1.75 bits per heavy atom. The molecule has 2 aromatic carbocycles. The number of carbonyl (C=O) groups excluding carboxylic acids is 3. The zero-order valence-corrected chi connectivity index (χ0v) is 24.0. The first kappa shape index (κ1) is 32.8. The summed E-state index contributed by atoms with van der Waals surface area (Å²) in [6, 6.07) is 17.1. The van der Waals surface area contributed by atoms with Crippen LogP contribution < -0.4 is 15.4 Å². The van der Waals surface area contributed by atoms with Crippen molar-refractivity contribution in [3.63, 3.8) is 0 Å². The van der Waals surface area contributed by atoms with Crippen LogP contribution in [0.5, 0.6) is 5.75 Å². The van der Waals surface area contributed by atoms with Gasteiger partial charge in [-0.05, 0) is 56.4 Å². The summed E-state index contributed by atoms with van der Waals surface area (Å²) in [5.74, 6) is 0.361. The van der Waals surface area contributed by atoms with Gasteiger partial charge in [-0.3, -0.25) is 9.69 Å². The molecule has 0 spiro atoms. The minimum Gasteiger partial charge on any atom is -0.494 e. The SMILES string of the molecule is CCCOc1ccc(CC(C=O)CC(O)CN(CCNC(=O)OCc2ccccc2)CCC(=O)NC(C)C)cc1. The van der Waals surface area contributed by atoms with Gasteiger partial charge < -0.3 is 30.0 Å². The van der Waals surface area contributed by atoms with Crippen LogP contribution in [0.15, 0.2) is 54.6 Å². The zero-order chi connectivity index (χ0) is 29.2.